The SMILES string of the molecule is CCCCCCCCCCCCCCCC(=O)O.[Mg]. The van der Waals surface area contributed by atoms with Crippen LogP contribution in [-0.4, -0.2) is 34.1 Å². The third-order valence-electron chi connectivity index (χ3n) is 3.49. The van der Waals surface area contributed by atoms with Gasteiger partial charge >= 0.3 is 5.97 Å². The lowest BCUT2D eigenvalue weighted by atomic mass is 10.0. The van der Waals surface area contributed by atoms with Crippen LogP contribution in [0, 0.1) is 0 Å². The predicted molar refractivity (Wildman–Crippen MR) is 83.7 cm³/mol. The zero-order valence-electron chi connectivity index (χ0n) is 13.0. The van der Waals surface area contributed by atoms with Crippen LogP contribution in [0.2, 0.25) is 0 Å². The Morgan fingerprint density at radius 2 is 1.00 bits per heavy atom. The first kappa shape index (κ1) is 21.5. The summed E-state index contributed by atoms with van der Waals surface area (Å²) < 4.78 is 0. The fraction of sp³-hybridized carbons (Fsp3) is 0.938. The topological polar surface area (TPSA) is 37.3 Å². The highest BCUT2D eigenvalue weighted by Gasteiger charge is 1.96. The minimum absolute atomic E-state index is 0. The average Bonchev–Trinajstić information content (AvgIpc) is 2.34. The zero-order chi connectivity index (χ0) is 13.5. The van der Waals surface area contributed by atoms with Crippen LogP contribution in [0.1, 0.15) is 96.8 Å². The van der Waals surface area contributed by atoms with E-state index in [0.717, 1.165) is 12.8 Å². The summed E-state index contributed by atoms with van der Waals surface area (Å²) in [5, 5.41) is 8.49. The van der Waals surface area contributed by atoms with Crippen LogP contribution in [0.4, 0.5) is 0 Å². The molecular formula is C16H32MgO2. The quantitative estimate of drug-likeness (QED) is 0.352. The molecule has 0 rings (SSSR count). The van der Waals surface area contributed by atoms with Gasteiger partial charge in [0.25, 0.3) is 0 Å². The smallest absolute Gasteiger partial charge is 0.303 e. The molecule has 0 fully saturated rings. The van der Waals surface area contributed by atoms with Gasteiger partial charge in [-0.25, -0.2) is 0 Å². The molecule has 0 aromatic heterocycles. The maximum Gasteiger partial charge on any atom is 0.303 e. The van der Waals surface area contributed by atoms with Gasteiger partial charge in [0.1, 0.15) is 0 Å². The molecule has 0 heterocycles. The molecular weight excluding hydrogens is 248 g/mol. The van der Waals surface area contributed by atoms with Gasteiger partial charge in [0.05, 0.1) is 0 Å². The molecule has 0 unspecified atom stereocenters. The molecule has 19 heavy (non-hydrogen) atoms. The Kier molecular flexibility index (Phi) is 20.7. The number of rotatable bonds is 14. The Balaban J connectivity index is 0. The number of carbonyl (C=O) groups is 1. The summed E-state index contributed by atoms with van der Waals surface area (Å²) in [6, 6.07) is 0. The number of carboxylic acid groups (broad SMARTS) is 1. The van der Waals surface area contributed by atoms with E-state index in [1.54, 1.807) is 0 Å². The van der Waals surface area contributed by atoms with Gasteiger partial charge in [-0.1, -0.05) is 84.0 Å². The van der Waals surface area contributed by atoms with Crippen molar-refractivity contribution in [3.8, 4) is 0 Å². The third-order valence-corrected chi connectivity index (χ3v) is 3.49. The second-order valence-corrected chi connectivity index (χ2v) is 5.39. The third kappa shape index (κ3) is 20.7. The van der Waals surface area contributed by atoms with E-state index in [1.165, 1.54) is 70.6 Å². The van der Waals surface area contributed by atoms with Crippen LogP contribution >= 0.6 is 0 Å². The maximum absolute atomic E-state index is 10.3. The van der Waals surface area contributed by atoms with E-state index in [0.29, 0.717) is 6.42 Å². The zero-order valence-corrected chi connectivity index (χ0v) is 14.4. The molecule has 0 saturated heterocycles. The van der Waals surface area contributed by atoms with Gasteiger partial charge in [-0.3, -0.25) is 4.79 Å². The van der Waals surface area contributed by atoms with Gasteiger partial charge in [0.2, 0.25) is 0 Å². The van der Waals surface area contributed by atoms with Crippen LogP contribution in [-0.2, 0) is 4.79 Å². The summed E-state index contributed by atoms with van der Waals surface area (Å²) in [5.74, 6) is -0.655. The van der Waals surface area contributed by atoms with Crippen LogP contribution in [0.3, 0.4) is 0 Å². The molecule has 0 aliphatic rings. The first-order valence-electron chi connectivity index (χ1n) is 7.99. The highest BCUT2D eigenvalue weighted by Crippen LogP contribution is 2.12. The van der Waals surface area contributed by atoms with Gasteiger partial charge in [-0.15, -0.1) is 0 Å². The molecule has 3 heteroatoms. The molecule has 0 amide bonds. The number of unbranched alkanes of at least 4 members (excludes halogenated alkanes) is 12. The second-order valence-electron chi connectivity index (χ2n) is 5.39. The van der Waals surface area contributed by atoms with Gasteiger partial charge in [0.15, 0.2) is 0 Å². The minimum atomic E-state index is -0.655. The molecule has 0 spiro atoms. The summed E-state index contributed by atoms with van der Waals surface area (Å²) in [6.07, 6.45) is 17.3. The van der Waals surface area contributed by atoms with E-state index in [9.17, 15) is 4.79 Å². The molecule has 0 aromatic carbocycles. The Bertz CT molecular complexity index is 184. The normalized spacial score (nSPS) is 10.2. The molecule has 0 bridgehead atoms. The van der Waals surface area contributed by atoms with Crippen molar-refractivity contribution in [2.24, 2.45) is 0 Å². The highest BCUT2D eigenvalue weighted by molar-refractivity contribution is 5.75. The molecule has 2 radical (unpaired) electrons. The Hall–Kier alpha value is 0.236. The fourth-order valence-corrected chi connectivity index (χ4v) is 2.29. The molecule has 0 aliphatic heterocycles. The molecule has 1 N–H and O–H groups in total. The number of aliphatic carboxylic acids is 1. The van der Waals surface area contributed by atoms with Crippen molar-refractivity contribution in [3.63, 3.8) is 0 Å². The average molecular weight is 281 g/mol. The van der Waals surface area contributed by atoms with Crippen LogP contribution in [0.15, 0.2) is 0 Å². The van der Waals surface area contributed by atoms with E-state index in [2.05, 4.69) is 6.92 Å². The minimum Gasteiger partial charge on any atom is -0.481 e. The lowest BCUT2D eigenvalue weighted by molar-refractivity contribution is -0.137. The summed E-state index contributed by atoms with van der Waals surface area (Å²) in [4.78, 5) is 10.3. The second kappa shape index (κ2) is 18.2. The highest BCUT2D eigenvalue weighted by atomic mass is 24.3. The maximum atomic E-state index is 10.3. The Morgan fingerprint density at radius 1 is 0.684 bits per heavy atom. The van der Waals surface area contributed by atoms with E-state index in [1.807, 2.05) is 0 Å². The van der Waals surface area contributed by atoms with Gasteiger partial charge in [-0.2, -0.15) is 0 Å². The molecule has 0 aromatic rings. The fourth-order valence-electron chi connectivity index (χ4n) is 2.29. The molecule has 2 nitrogen and oxygen atoms in total. The van der Waals surface area contributed by atoms with E-state index < -0.39 is 5.97 Å². The molecule has 110 valence electrons. The van der Waals surface area contributed by atoms with Gasteiger partial charge in [-0.05, 0) is 6.42 Å². The van der Waals surface area contributed by atoms with Crippen LogP contribution in [0.25, 0.3) is 0 Å². The van der Waals surface area contributed by atoms with Gasteiger partial charge < -0.3 is 5.11 Å². The molecule has 0 atom stereocenters. The summed E-state index contributed by atoms with van der Waals surface area (Å²) in [5.41, 5.74) is 0. The van der Waals surface area contributed by atoms with Crippen LogP contribution in [0.5, 0.6) is 0 Å². The van der Waals surface area contributed by atoms with E-state index in [-0.39, 0.29) is 23.1 Å². The number of hydrogen-bond donors (Lipinski definition) is 1. The Morgan fingerprint density at radius 3 is 1.32 bits per heavy atom. The van der Waals surface area contributed by atoms with Crippen molar-refractivity contribution in [1.29, 1.82) is 0 Å². The molecule has 0 aliphatic carbocycles. The van der Waals surface area contributed by atoms with E-state index >= 15 is 0 Å². The van der Waals surface area contributed by atoms with Crippen molar-refractivity contribution in [3.05, 3.63) is 0 Å². The predicted octanol–water partition coefficient (Wildman–Crippen LogP) is 5.17. The summed E-state index contributed by atoms with van der Waals surface area (Å²) >= 11 is 0. The molecule has 0 saturated carbocycles. The largest absolute Gasteiger partial charge is 0.481 e. The van der Waals surface area contributed by atoms with Crippen molar-refractivity contribution in [2.45, 2.75) is 96.8 Å². The van der Waals surface area contributed by atoms with Crippen molar-refractivity contribution in [2.75, 3.05) is 0 Å². The lowest BCUT2D eigenvalue weighted by Gasteiger charge is -2.02. The van der Waals surface area contributed by atoms with Crippen molar-refractivity contribution in [1.82, 2.24) is 0 Å². The monoisotopic (exact) mass is 280 g/mol. The summed E-state index contributed by atoms with van der Waals surface area (Å²) in [7, 11) is 0. The van der Waals surface area contributed by atoms with E-state index in [4.69, 9.17) is 5.11 Å². The summed E-state index contributed by atoms with van der Waals surface area (Å²) in [6.45, 7) is 2.26. The first-order chi connectivity index (χ1) is 8.77. The van der Waals surface area contributed by atoms with Crippen LogP contribution < -0.4 is 0 Å². The standard InChI is InChI=1S/C16H32O2.Mg/c1-2-3-4-5-6-7-8-9-10-11-12-13-14-15-16(17)18;/h2-15H2,1H3,(H,17,18);. The number of hydrogen-bond acceptors (Lipinski definition) is 1. The Labute approximate surface area is 135 Å². The lowest BCUT2D eigenvalue weighted by Crippen LogP contribution is -1.93. The van der Waals surface area contributed by atoms with Crippen molar-refractivity contribution < 1.29 is 9.90 Å². The number of carboxylic acids is 1. The van der Waals surface area contributed by atoms with Crippen molar-refractivity contribution >= 4 is 29.0 Å². The first-order valence-corrected chi connectivity index (χ1v) is 7.99. The van der Waals surface area contributed by atoms with Gasteiger partial charge in [0, 0.05) is 29.5 Å².